The molecule has 0 fully saturated rings. The minimum Gasteiger partial charge on any atom is -0.330 e. The van der Waals surface area contributed by atoms with E-state index in [-0.39, 0.29) is 10.9 Å². The van der Waals surface area contributed by atoms with Crippen LogP contribution in [0.4, 0.5) is 10.1 Å². The second kappa shape index (κ2) is 7.02. The number of rotatable bonds is 4. The number of benzene rings is 2. The summed E-state index contributed by atoms with van der Waals surface area (Å²) in [4.78, 5) is 12.2. The van der Waals surface area contributed by atoms with Gasteiger partial charge in [0.2, 0.25) is 0 Å². The third-order valence-corrected chi connectivity index (χ3v) is 3.82. The molecule has 0 saturated heterocycles. The monoisotopic (exact) mass is 370 g/mol. The van der Waals surface area contributed by atoms with E-state index in [0.717, 1.165) is 18.1 Å². The van der Waals surface area contributed by atoms with Crippen LogP contribution < -0.4 is 11.1 Å². The van der Waals surface area contributed by atoms with Gasteiger partial charge in [-0.2, -0.15) is 0 Å². The van der Waals surface area contributed by atoms with Crippen LogP contribution >= 0.6 is 27.5 Å². The summed E-state index contributed by atoms with van der Waals surface area (Å²) in [5.41, 5.74) is 7.37. The first kappa shape index (κ1) is 15.9. The van der Waals surface area contributed by atoms with Crippen LogP contribution in [0.2, 0.25) is 5.02 Å². The van der Waals surface area contributed by atoms with Crippen molar-refractivity contribution in [2.45, 2.75) is 6.42 Å². The van der Waals surface area contributed by atoms with Gasteiger partial charge in [-0.3, -0.25) is 4.79 Å². The summed E-state index contributed by atoms with van der Waals surface area (Å²) in [5, 5.41) is 2.80. The smallest absolute Gasteiger partial charge is 0.255 e. The Labute approximate surface area is 135 Å². The predicted molar refractivity (Wildman–Crippen MR) is 86.3 cm³/mol. The van der Waals surface area contributed by atoms with Crippen LogP contribution in [0.3, 0.4) is 0 Å². The lowest BCUT2D eigenvalue weighted by atomic mass is 10.1. The molecule has 2 rings (SSSR count). The van der Waals surface area contributed by atoms with Gasteiger partial charge in [0.1, 0.15) is 5.82 Å². The third-order valence-electron chi connectivity index (χ3n) is 2.89. The Bertz CT molecular complexity index is 638. The maximum Gasteiger partial charge on any atom is 0.255 e. The minimum absolute atomic E-state index is 0.134. The number of hydrogen-bond donors (Lipinski definition) is 2. The standard InChI is InChI=1S/C15H13BrClFN2O/c16-12-7-11(18)8-13(17)14(12)20-15(21)10-3-1-9(2-4-10)5-6-19/h1-4,7-8H,5-6,19H2,(H,20,21). The molecule has 0 aromatic heterocycles. The van der Waals surface area contributed by atoms with Gasteiger partial charge in [0, 0.05) is 10.0 Å². The number of anilines is 1. The Morgan fingerprint density at radius 3 is 2.52 bits per heavy atom. The fraction of sp³-hybridized carbons (Fsp3) is 0.133. The van der Waals surface area contributed by atoms with Gasteiger partial charge in [0.25, 0.3) is 5.91 Å². The number of halogens is 3. The lowest BCUT2D eigenvalue weighted by molar-refractivity contribution is 0.102. The van der Waals surface area contributed by atoms with Gasteiger partial charge < -0.3 is 11.1 Å². The van der Waals surface area contributed by atoms with Crippen molar-refractivity contribution in [1.82, 2.24) is 0 Å². The summed E-state index contributed by atoms with van der Waals surface area (Å²) >= 11 is 9.11. The zero-order valence-electron chi connectivity index (χ0n) is 11.0. The molecule has 0 radical (unpaired) electrons. The minimum atomic E-state index is -0.476. The summed E-state index contributed by atoms with van der Waals surface area (Å²) in [6.07, 6.45) is 0.761. The first-order valence-corrected chi connectivity index (χ1v) is 7.43. The van der Waals surface area contributed by atoms with Crippen LogP contribution in [0.25, 0.3) is 0 Å². The van der Waals surface area contributed by atoms with Crippen LogP contribution in [0.5, 0.6) is 0 Å². The molecule has 0 aliphatic carbocycles. The molecule has 0 bridgehead atoms. The summed E-state index contributed by atoms with van der Waals surface area (Å²) in [7, 11) is 0. The van der Waals surface area contributed by atoms with Gasteiger partial charge in [0.15, 0.2) is 0 Å². The highest BCUT2D eigenvalue weighted by Gasteiger charge is 2.12. The lowest BCUT2D eigenvalue weighted by Gasteiger charge is -2.10. The second-order valence-corrected chi connectivity index (χ2v) is 5.70. The summed E-state index contributed by atoms with van der Waals surface area (Å²) in [6, 6.07) is 9.52. The Balaban J connectivity index is 2.18. The number of amides is 1. The quantitative estimate of drug-likeness (QED) is 0.853. The molecule has 0 unspecified atom stereocenters. The Morgan fingerprint density at radius 2 is 1.95 bits per heavy atom. The molecule has 0 saturated carbocycles. The van der Waals surface area contributed by atoms with Gasteiger partial charge in [-0.15, -0.1) is 0 Å². The zero-order chi connectivity index (χ0) is 15.4. The molecular formula is C15H13BrClFN2O. The first-order valence-electron chi connectivity index (χ1n) is 6.26. The van der Waals surface area contributed by atoms with Crippen LogP contribution in [-0.2, 0) is 6.42 Å². The van der Waals surface area contributed by atoms with E-state index in [4.69, 9.17) is 17.3 Å². The molecule has 0 heterocycles. The molecule has 3 nitrogen and oxygen atoms in total. The van der Waals surface area contributed by atoms with Crippen molar-refractivity contribution >= 4 is 39.1 Å². The molecule has 1 amide bonds. The van der Waals surface area contributed by atoms with Crippen molar-refractivity contribution in [3.8, 4) is 0 Å². The van der Waals surface area contributed by atoms with Crippen LogP contribution in [0, 0.1) is 5.82 Å². The SMILES string of the molecule is NCCc1ccc(C(=O)Nc2c(Cl)cc(F)cc2Br)cc1. The molecule has 110 valence electrons. The highest BCUT2D eigenvalue weighted by molar-refractivity contribution is 9.10. The van der Waals surface area contributed by atoms with Crippen LogP contribution in [0.15, 0.2) is 40.9 Å². The average molecular weight is 372 g/mol. The van der Waals surface area contributed by atoms with E-state index in [0.29, 0.717) is 22.3 Å². The second-order valence-electron chi connectivity index (χ2n) is 4.43. The van der Waals surface area contributed by atoms with E-state index in [1.165, 1.54) is 6.07 Å². The van der Waals surface area contributed by atoms with Crippen molar-refractivity contribution < 1.29 is 9.18 Å². The highest BCUT2D eigenvalue weighted by Crippen LogP contribution is 2.32. The average Bonchev–Trinajstić information content (AvgIpc) is 2.43. The predicted octanol–water partition coefficient (Wildman–Crippen LogP) is 4.00. The normalized spacial score (nSPS) is 10.5. The van der Waals surface area contributed by atoms with E-state index in [1.807, 2.05) is 12.1 Å². The van der Waals surface area contributed by atoms with Gasteiger partial charge in [-0.1, -0.05) is 23.7 Å². The largest absolute Gasteiger partial charge is 0.330 e. The van der Waals surface area contributed by atoms with Crippen LogP contribution in [0.1, 0.15) is 15.9 Å². The summed E-state index contributed by atoms with van der Waals surface area (Å²) in [5.74, 6) is -0.792. The number of hydrogen-bond acceptors (Lipinski definition) is 2. The third kappa shape index (κ3) is 4.03. The summed E-state index contributed by atoms with van der Waals surface area (Å²) in [6.45, 7) is 0.559. The van der Waals surface area contributed by atoms with Gasteiger partial charge >= 0.3 is 0 Å². The Morgan fingerprint density at radius 1 is 1.29 bits per heavy atom. The number of carbonyl (C=O) groups is 1. The van der Waals surface area contributed by atoms with Crippen molar-refractivity contribution in [3.63, 3.8) is 0 Å². The molecule has 2 aromatic rings. The number of carbonyl (C=O) groups excluding carboxylic acids is 1. The molecule has 3 N–H and O–H groups in total. The lowest BCUT2D eigenvalue weighted by Crippen LogP contribution is -2.13. The number of nitrogens with two attached hydrogens (primary N) is 1. The van der Waals surface area contributed by atoms with E-state index < -0.39 is 5.82 Å². The van der Waals surface area contributed by atoms with Crippen molar-refractivity contribution in [2.24, 2.45) is 5.73 Å². The summed E-state index contributed by atoms with van der Waals surface area (Å²) < 4.78 is 13.5. The molecule has 0 aliphatic rings. The number of nitrogens with one attached hydrogen (secondary N) is 1. The van der Waals surface area contributed by atoms with Gasteiger partial charge in [-0.05, 0) is 58.7 Å². The molecule has 0 aliphatic heterocycles. The first-order chi connectivity index (χ1) is 10.0. The topological polar surface area (TPSA) is 55.1 Å². The van der Waals surface area contributed by atoms with Crippen molar-refractivity contribution in [2.75, 3.05) is 11.9 Å². The fourth-order valence-corrected chi connectivity index (χ4v) is 2.74. The van der Waals surface area contributed by atoms with E-state index >= 15 is 0 Å². The molecule has 0 spiro atoms. The van der Waals surface area contributed by atoms with E-state index in [9.17, 15) is 9.18 Å². The highest BCUT2D eigenvalue weighted by atomic mass is 79.9. The maximum absolute atomic E-state index is 13.1. The fourth-order valence-electron chi connectivity index (χ4n) is 1.84. The Kier molecular flexibility index (Phi) is 5.33. The molecule has 0 atom stereocenters. The Hall–Kier alpha value is -1.43. The molecule has 6 heteroatoms. The molecule has 21 heavy (non-hydrogen) atoms. The van der Waals surface area contributed by atoms with Crippen molar-refractivity contribution in [3.05, 3.63) is 62.8 Å². The molecular weight excluding hydrogens is 359 g/mol. The van der Waals surface area contributed by atoms with E-state index in [2.05, 4.69) is 21.2 Å². The van der Waals surface area contributed by atoms with E-state index in [1.54, 1.807) is 12.1 Å². The van der Waals surface area contributed by atoms with Gasteiger partial charge in [-0.25, -0.2) is 4.39 Å². The van der Waals surface area contributed by atoms with Crippen LogP contribution in [-0.4, -0.2) is 12.5 Å². The maximum atomic E-state index is 13.1. The zero-order valence-corrected chi connectivity index (χ0v) is 13.3. The van der Waals surface area contributed by atoms with Gasteiger partial charge in [0.05, 0.1) is 10.7 Å². The van der Waals surface area contributed by atoms with Crippen molar-refractivity contribution in [1.29, 1.82) is 0 Å². The molecule has 2 aromatic carbocycles.